The number of hydrogen-bond donors (Lipinski definition) is 2. The molecule has 5 rings (SSSR count). The van der Waals surface area contributed by atoms with Crippen LogP contribution in [0, 0.1) is 0 Å². The van der Waals surface area contributed by atoms with Gasteiger partial charge in [0.2, 0.25) is 0 Å². The van der Waals surface area contributed by atoms with Crippen molar-refractivity contribution in [2.45, 2.75) is 12.3 Å². The average molecular weight is 382 g/mol. The lowest BCUT2D eigenvalue weighted by molar-refractivity contribution is 0.0952. The summed E-state index contributed by atoms with van der Waals surface area (Å²) in [7, 11) is 0. The van der Waals surface area contributed by atoms with Crippen LogP contribution in [0.25, 0.3) is 10.9 Å². The molecule has 0 aliphatic carbocycles. The number of aromatic amines is 1. The van der Waals surface area contributed by atoms with E-state index in [4.69, 9.17) is 4.74 Å². The van der Waals surface area contributed by atoms with E-state index in [1.807, 2.05) is 48.5 Å². The molecule has 1 aliphatic rings. The third-order valence-electron chi connectivity index (χ3n) is 5.62. The number of para-hydroxylation sites is 1. The number of rotatable bonds is 5. The van der Waals surface area contributed by atoms with E-state index in [0.29, 0.717) is 18.7 Å². The number of amides is 1. The number of nitrogens with one attached hydrogen (secondary N) is 2. The summed E-state index contributed by atoms with van der Waals surface area (Å²) in [4.78, 5) is 16.2. The largest absolute Gasteiger partial charge is 0.493 e. The fourth-order valence-corrected chi connectivity index (χ4v) is 4.10. The first-order chi connectivity index (χ1) is 14.3. The van der Waals surface area contributed by atoms with Crippen LogP contribution in [0.4, 0.5) is 0 Å². The Morgan fingerprint density at radius 3 is 2.76 bits per heavy atom. The summed E-state index contributed by atoms with van der Waals surface area (Å²) in [6.45, 7) is 1.22. The number of aromatic nitrogens is 1. The molecule has 0 spiro atoms. The van der Waals surface area contributed by atoms with Gasteiger partial charge in [0.05, 0.1) is 6.61 Å². The molecule has 1 aliphatic heterocycles. The van der Waals surface area contributed by atoms with Crippen LogP contribution in [0.5, 0.6) is 5.75 Å². The molecule has 1 atom stereocenters. The molecule has 0 unspecified atom stereocenters. The molecule has 3 aromatic carbocycles. The molecule has 29 heavy (non-hydrogen) atoms. The number of H-pyrrole nitrogens is 1. The molecule has 4 aromatic rings. The standard InChI is InChI=1S/C25H22N2O2/c28-25(19-10-11-24-18(14-19)12-13-29-24)27-15-21(17-6-2-1-3-7-17)22-16-26-23-9-5-4-8-20(22)23/h1-11,14,16,21,26H,12-13,15H2,(H,27,28)/t21-/m1/s1. The summed E-state index contributed by atoms with van der Waals surface area (Å²) in [6, 6.07) is 24.3. The zero-order chi connectivity index (χ0) is 19.6. The Morgan fingerprint density at radius 1 is 1.03 bits per heavy atom. The summed E-state index contributed by atoms with van der Waals surface area (Å²) in [6.07, 6.45) is 2.92. The van der Waals surface area contributed by atoms with Crippen molar-refractivity contribution in [3.63, 3.8) is 0 Å². The zero-order valence-electron chi connectivity index (χ0n) is 16.0. The van der Waals surface area contributed by atoms with Crippen LogP contribution in [0.1, 0.15) is 33.0 Å². The molecule has 4 nitrogen and oxygen atoms in total. The van der Waals surface area contributed by atoms with Gasteiger partial charge in [-0.3, -0.25) is 4.79 Å². The van der Waals surface area contributed by atoms with Crippen LogP contribution in [0.15, 0.2) is 79.0 Å². The molecule has 2 heterocycles. The molecule has 0 saturated heterocycles. The smallest absolute Gasteiger partial charge is 0.251 e. The Bertz CT molecular complexity index is 1160. The topological polar surface area (TPSA) is 54.1 Å². The quantitative estimate of drug-likeness (QED) is 0.527. The first-order valence-electron chi connectivity index (χ1n) is 9.94. The van der Waals surface area contributed by atoms with Crippen molar-refractivity contribution in [2.24, 2.45) is 0 Å². The Hall–Kier alpha value is -3.53. The highest BCUT2D eigenvalue weighted by atomic mass is 16.5. The predicted octanol–water partition coefficient (Wildman–Crippen LogP) is 4.66. The monoisotopic (exact) mass is 382 g/mol. The van der Waals surface area contributed by atoms with Gasteiger partial charge in [-0.15, -0.1) is 0 Å². The number of carbonyl (C=O) groups excluding carboxylic acids is 1. The first-order valence-corrected chi connectivity index (χ1v) is 9.94. The highest BCUT2D eigenvalue weighted by Gasteiger charge is 2.20. The second kappa shape index (κ2) is 7.47. The van der Waals surface area contributed by atoms with Gasteiger partial charge in [0.15, 0.2) is 0 Å². The fraction of sp³-hybridized carbons (Fsp3) is 0.160. The second-order valence-corrected chi connectivity index (χ2v) is 7.38. The molecular formula is C25H22N2O2. The van der Waals surface area contributed by atoms with Gasteiger partial charge in [-0.2, -0.15) is 0 Å². The Balaban J connectivity index is 1.42. The van der Waals surface area contributed by atoms with Crippen molar-refractivity contribution in [1.29, 1.82) is 0 Å². The van der Waals surface area contributed by atoms with Crippen molar-refractivity contribution in [3.05, 3.63) is 101 Å². The van der Waals surface area contributed by atoms with E-state index < -0.39 is 0 Å². The lowest BCUT2D eigenvalue weighted by Crippen LogP contribution is -2.29. The minimum atomic E-state index is -0.0551. The van der Waals surface area contributed by atoms with Gasteiger partial charge in [0.25, 0.3) is 5.91 Å². The van der Waals surface area contributed by atoms with E-state index in [9.17, 15) is 4.79 Å². The van der Waals surface area contributed by atoms with Gasteiger partial charge in [0, 0.05) is 41.5 Å². The third kappa shape index (κ3) is 3.38. The second-order valence-electron chi connectivity index (χ2n) is 7.38. The van der Waals surface area contributed by atoms with Crippen molar-refractivity contribution >= 4 is 16.8 Å². The number of ether oxygens (including phenoxy) is 1. The Labute approximate surface area is 169 Å². The maximum Gasteiger partial charge on any atom is 0.251 e. The number of carbonyl (C=O) groups is 1. The third-order valence-corrected chi connectivity index (χ3v) is 5.62. The van der Waals surface area contributed by atoms with Gasteiger partial charge in [-0.1, -0.05) is 48.5 Å². The molecule has 0 radical (unpaired) electrons. The molecule has 2 N–H and O–H groups in total. The van der Waals surface area contributed by atoms with E-state index >= 15 is 0 Å². The van der Waals surface area contributed by atoms with Gasteiger partial charge < -0.3 is 15.0 Å². The lowest BCUT2D eigenvalue weighted by atomic mass is 9.91. The fourth-order valence-electron chi connectivity index (χ4n) is 4.10. The summed E-state index contributed by atoms with van der Waals surface area (Å²) >= 11 is 0. The van der Waals surface area contributed by atoms with Crippen molar-refractivity contribution in [2.75, 3.05) is 13.2 Å². The molecular weight excluding hydrogens is 360 g/mol. The van der Waals surface area contributed by atoms with Crippen LogP contribution >= 0.6 is 0 Å². The zero-order valence-corrected chi connectivity index (χ0v) is 16.0. The van der Waals surface area contributed by atoms with E-state index in [1.165, 1.54) is 16.5 Å². The number of benzene rings is 3. The molecule has 144 valence electrons. The average Bonchev–Trinajstić information content (AvgIpc) is 3.41. The van der Waals surface area contributed by atoms with Crippen molar-refractivity contribution in [1.82, 2.24) is 10.3 Å². The highest BCUT2D eigenvalue weighted by Crippen LogP contribution is 2.31. The summed E-state index contributed by atoms with van der Waals surface area (Å²) < 4.78 is 5.54. The summed E-state index contributed by atoms with van der Waals surface area (Å²) in [5, 5.41) is 4.33. The number of hydrogen-bond acceptors (Lipinski definition) is 2. The first kappa shape index (κ1) is 17.6. The molecule has 0 fully saturated rings. The van der Waals surface area contributed by atoms with Crippen molar-refractivity contribution in [3.8, 4) is 5.75 Å². The van der Waals surface area contributed by atoms with Gasteiger partial charge in [-0.05, 0) is 41.0 Å². The lowest BCUT2D eigenvalue weighted by Gasteiger charge is -2.18. The van der Waals surface area contributed by atoms with Gasteiger partial charge in [-0.25, -0.2) is 0 Å². The molecule has 0 saturated carbocycles. The molecule has 0 bridgehead atoms. The number of fused-ring (bicyclic) bond motifs is 2. The SMILES string of the molecule is O=C(NC[C@H](c1ccccc1)c1c[nH]c2ccccc12)c1ccc2c(c1)CCO2. The predicted molar refractivity (Wildman–Crippen MR) is 115 cm³/mol. The van der Waals surface area contributed by atoms with E-state index in [2.05, 4.69) is 40.8 Å². The normalized spacial score (nSPS) is 13.7. The summed E-state index contributed by atoms with van der Waals surface area (Å²) in [5.74, 6) is 0.900. The summed E-state index contributed by atoms with van der Waals surface area (Å²) in [5.41, 5.74) is 5.26. The maximum absolute atomic E-state index is 12.9. The Kier molecular flexibility index (Phi) is 4.53. The molecule has 1 amide bonds. The minimum absolute atomic E-state index is 0.0551. The molecule has 1 aromatic heterocycles. The van der Waals surface area contributed by atoms with E-state index in [0.717, 1.165) is 23.3 Å². The van der Waals surface area contributed by atoms with Crippen LogP contribution in [0.3, 0.4) is 0 Å². The van der Waals surface area contributed by atoms with Crippen LogP contribution in [0.2, 0.25) is 0 Å². The van der Waals surface area contributed by atoms with E-state index in [-0.39, 0.29) is 11.8 Å². The van der Waals surface area contributed by atoms with Gasteiger partial charge in [0.1, 0.15) is 5.75 Å². The van der Waals surface area contributed by atoms with Crippen LogP contribution in [-0.4, -0.2) is 24.0 Å². The van der Waals surface area contributed by atoms with Crippen molar-refractivity contribution < 1.29 is 9.53 Å². The minimum Gasteiger partial charge on any atom is -0.493 e. The Morgan fingerprint density at radius 2 is 1.86 bits per heavy atom. The van der Waals surface area contributed by atoms with Gasteiger partial charge >= 0.3 is 0 Å². The highest BCUT2D eigenvalue weighted by molar-refractivity contribution is 5.94. The van der Waals surface area contributed by atoms with Crippen LogP contribution < -0.4 is 10.1 Å². The van der Waals surface area contributed by atoms with E-state index in [1.54, 1.807) is 0 Å². The molecule has 4 heteroatoms. The maximum atomic E-state index is 12.9. The van der Waals surface area contributed by atoms with Crippen LogP contribution in [-0.2, 0) is 6.42 Å².